The molecule has 1 saturated carbocycles. The Kier molecular flexibility index (Phi) is 5.19. The van der Waals surface area contributed by atoms with E-state index in [9.17, 15) is 23.2 Å². The van der Waals surface area contributed by atoms with Crippen LogP contribution in [0.25, 0.3) is 11.1 Å². The lowest BCUT2D eigenvalue weighted by atomic mass is 9.58. The fourth-order valence-electron chi connectivity index (χ4n) is 4.69. The third-order valence-corrected chi connectivity index (χ3v) is 6.23. The first kappa shape index (κ1) is 21.8. The smallest absolute Gasteiger partial charge is 0.320 e. The van der Waals surface area contributed by atoms with Crippen molar-refractivity contribution in [1.29, 1.82) is 5.26 Å². The highest BCUT2D eigenvalue weighted by Gasteiger charge is 2.48. The van der Waals surface area contributed by atoms with Gasteiger partial charge in [0.15, 0.2) is 0 Å². The highest BCUT2D eigenvalue weighted by atomic mass is 19.4. The van der Waals surface area contributed by atoms with Crippen molar-refractivity contribution in [3.8, 4) is 17.2 Å². The molecule has 1 aliphatic carbocycles. The SMILES string of the molecule is CC1CC(c2cccc(-c3cc(C(F)(F)F)cn([C@@H](C)C#N)c3=O)c2)(c2nncn2C)C1. The lowest BCUT2D eigenvalue weighted by molar-refractivity contribution is -0.138. The highest BCUT2D eigenvalue weighted by Crippen LogP contribution is 2.51. The largest absolute Gasteiger partial charge is 0.417 e. The van der Waals surface area contributed by atoms with Crippen LogP contribution in [0, 0.1) is 17.2 Å². The third-order valence-electron chi connectivity index (χ3n) is 6.23. The molecular weight excluding hydrogens is 419 g/mol. The lowest BCUT2D eigenvalue weighted by Gasteiger charge is -2.46. The van der Waals surface area contributed by atoms with Crippen molar-refractivity contribution in [2.75, 3.05) is 0 Å². The molecule has 0 aliphatic heterocycles. The molecule has 6 nitrogen and oxygen atoms in total. The molecule has 0 spiro atoms. The number of benzene rings is 1. The van der Waals surface area contributed by atoms with E-state index < -0.39 is 28.8 Å². The Morgan fingerprint density at radius 1 is 1.28 bits per heavy atom. The van der Waals surface area contributed by atoms with E-state index in [4.69, 9.17) is 0 Å². The summed E-state index contributed by atoms with van der Waals surface area (Å²) in [6, 6.07) is 8.70. The molecule has 1 aromatic carbocycles. The molecular formula is C23H22F3N5O. The average molecular weight is 441 g/mol. The fourth-order valence-corrected chi connectivity index (χ4v) is 4.69. The van der Waals surface area contributed by atoms with Crippen molar-refractivity contribution < 1.29 is 13.2 Å². The van der Waals surface area contributed by atoms with Crippen molar-refractivity contribution in [2.24, 2.45) is 13.0 Å². The van der Waals surface area contributed by atoms with Gasteiger partial charge < -0.3 is 4.57 Å². The first-order valence-corrected chi connectivity index (χ1v) is 10.2. The summed E-state index contributed by atoms with van der Waals surface area (Å²) in [4.78, 5) is 13.0. The van der Waals surface area contributed by atoms with E-state index in [2.05, 4.69) is 17.1 Å². The molecule has 1 fully saturated rings. The minimum absolute atomic E-state index is 0.0933. The monoisotopic (exact) mass is 441 g/mol. The van der Waals surface area contributed by atoms with Gasteiger partial charge in [-0.25, -0.2) is 0 Å². The second kappa shape index (κ2) is 7.62. The predicted molar refractivity (Wildman–Crippen MR) is 112 cm³/mol. The van der Waals surface area contributed by atoms with Crippen molar-refractivity contribution >= 4 is 0 Å². The van der Waals surface area contributed by atoms with Crippen LogP contribution in [0.3, 0.4) is 0 Å². The maximum atomic E-state index is 13.6. The molecule has 0 bridgehead atoms. The number of hydrogen-bond acceptors (Lipinski definition) is 4. The molecule has 0 saturated heterocycles. The summed E-state index contributed by atoms with van der Waals surface area (Å²) in [6.07, 6.45) is -0.681. The molecule has 32 heavy (non-hydrogen) atoms. The first-order valence-electron chi connectivity index (χ1n) is 10.2. The van der Waals surface area contributed by atoms with Crippen LogP contribution in [0.5, 0.6) is 0 Å². The van der Waals surface area contributed by atoms with Gasteiger partial charge >= 0.3 is 6.18 Å². The zero-order valence-corrected chi connectivity index (χ0v) is 17.9. The second-order valence-corrected chi connectivity index (χ2v) is 8.60. The summed E-state index contributed by atoms with van der Waals surface area (Å²) in [5.41, 5.74) is -0.871. The van der Waals surface area contributed by atoms with Crippen molar-refractivity contribution in [3.63, 3.8) is 0 Å². The minimum atomic E-state index is -4.65. The molecule has 0 amide bonds. The predicted octanol–water partition coefficient (Wildman–Crippen LogP) is 4.46. The van der Waals surface area contributed by atoms with Crippen molar-refractivity contribution in [2.45, 2.75) is 44.3 Å². The second-order valence-electron chi connectivity index (χ2n) is 8.60. The maximum absolute atomic E-state index is 13.6. The van der Waals surface area contributed by atoms with Crippen LogP contribution in [0.15, 0.2) is 47.7 Å². The number of aromatic nitrogens is 4. The standard InChI is InChI=1S/C23H22F3N5O/c1-14-9-22(10-14,21-29-28-13-30(21)3)17-6-4-5-16(7-17)19-8-18(23(24,25)26)12-31(20(19)32)15(2)11-27/h4-8,12-15H,9-10H2,1-3H3/t14?,15-,22?/m0/s1. The molecule has 0 radical (unpaired) electrons. The molecule has 9 heteroatoms. The minimum Gasteiger partial charge on any atom is -0.320 e. The van der Waals surface area contributed by atoms with E-state index in [0.29, 0.717) is 17.7 Å². The molecule has 0 N–H and O–H groups in total. The van der Waals surface area contributed by atoms with Crippen LogP contribution in [0.4, 0.5) is 13.2 Å². The molecule has 166 valence electrons. The number of alkyl halides is 3. The molecule has 0 unspecified atom stereocenters. The van der Waals surface area contributed by atoms with Gasteiger partial charge in [0, 0.05) is 18.8 Å². The number of hydrogen-bond donors (Lipinski definition) is 0. The quantitative estimate of drug-likeness (QED) is 0.599. The summed E-state index contributed by atoms with van der Waals surface area (Å²) in [6.45, 7) is 3.52. The molecule has 4 rings (SSSR count). The van der Waals surface area contributed by atoms with E-state index in [1.807, 2.05) is 23.8 Å². The van der Waals surface area contributed by atoms with E-state index in [-0.39, 0.29) is 5.56 Å². The van der Waals surface area contributed by atoms with E-state index >= 15 is 0 Å². The molecule has 3 aromatic rings. The topological polar surface area (TPSA) is 76.5 Å². The van der Waals surface area contributed by atoms with Crippen LogP contribution < -0.4 is 5.56 Å². The van der Waals surface area contributed by atoms with Crippen molar-refractivity contribution in [1.82, 2.24) is 19.3 Å². The van der Waals surface area contributed by atoms with Crippen LogP contribution in [0.1, 0.15) is 49.7 Å². The van der Waals surface area contributed by atoms with Crippen LogP contribution in [-0.2, 0) is 18.6 Å². The molecule has 2 aromatic heterocycles. The number of rotatable bonds is 4. The highest BCUT2D eigenvalue weighted by molar-refractivity contribution is 5.65. The number of pyridine rings is 1. The normalized spacial score (nSPS) is 21.6. The summed E-state index contributed by atoms with van der Waals surface area (Å²) in [5, 5.41) is 17.5. The lowest BCUT2D eigenvalue weighted by Crippen LogP contribution is -2.43. The number of nitrogens with zero attached hydrogens (tertiary/aromatic N) is 5. The van der Waals surface area contributed by atoms with E-state index in [1.165, 1.54) is 6.92 Å². The average Bonchev–Trinajstić information content (AvgIpc) is 3.16. The van der Waals surface area contributed by atoms with Crippen LogP contribution >= 0.6 is 0 Å². The Morgan fingerprint density at radius 2 is 2.00 bits per heavy atom. The van der Waals surface area contributed by atoms with Gasteiger partial charge in [-0.15, -0.1) is 10.2 Å². The van der Waals surface area contributed by atoms with Gasteiger partial charge in [0.25, 0.3) is 5.56 Å². The summed E-state index contributed by atoms with van der Waals surface area (Å²) < 4.78 is 43.3. The molecule has 1 atom stereocenters. The van der Waals surface area contributed by atoms with Crippen LogP contribution in [0.2, 0.25) is 0 Å². The van der Waals surface area contributed by atoms with Crippen molar-refractivity contribution in [3.05, 3.63) is 70.2 Å². The summed E-state index contributed by atoms with van der Waals surface area (Å²) >= 11 is 0. The number of nitriles is 1. The van der Waals surface area contributed by atoms with E-state index in [1.54, 1.807) is 24.5 Å². The number of halogens is 3. The Morgan fingerprint density at radius 3 is 2.56 bits per heavy atom. The summed E-state index contributed by atoms with van der Waals surface area (Å²) in [7, 11) is 1.86. The van der Waals surface area contributed by atoms with Gasteiger partial charge in [-0.3, -0.25) is 9.36 Å². The van der Waals surface area contributed by atoms with Gasteiger partial charge in [0.1, 0.15) is 18.2 Å². The van der Waals surface area contributed by atoms with Gasteiger partial charge in [-0.1, -0.05) is 25.1 Å². The third kappa shape index (κ3) is 3.49. The fraction of sp³-hybridized carbons (Fsp3) is 0.391. The molecule has 2 heterocycles. The van der Waals surface area contributed by atoms with E-state index in [0.717, 1.165) is 34.9 Å². The Hall–Kier alpha value is -3.41. The zero-order chi connectivity index (χ0) is 23.3. The Bertz CT molecular complexity index is 1260. The Balaban J connectivity index is 1.90. The first-order chi connectivity index (χ1) is 15.1. The zero-order valence-electron chi connectivity index (χ0n) is 17.9. The van der Waals surface area contributed by atoms with Crippen LogP contribution in [-0.4, -0.2) is 19.3 Å². The maximum Gasteiger partial charge on any atom is 0.417 e. The summed E-state index contributed by atoms with van der Waals surface area (Å²) in [5.74, 6) is 1.24. The number of aryl methyl sites for hydroxylation is 1. The van der Waals surface area contributed by atoms with Gasteiger partial charge in [-0.05, 0) is 48.9 Å². The Labute approximate surface area is 182 Å². The van der Waals surface area contributed by atoms with Gasteiger partial charge in [-0.2, -0.15) is 18.4 Å². The van der Waals surface area contributed by atoms with Gasteiger partial charge in [0.2, 0.25) is 0 Å². The molecule has 1 aliphatic rings. The van der Waals surface area contributed by atoms with Gasteiger partial charge in [0.05, 0.1) is 17.0 Å².